The summed E-state index contributed by atoms with van der Waals surface area (Å²) in [6.07, 6.45) is 4.47. The Kier molecular flexibility index (Phi) is 9.62. The Morgan fingerprint density at radius 2 is 1.98 bits per heavy atom. The van der Waals surface area contributed by atoms with E-state index in [4.69, 9.17) is 32.9 Å². The molecule has 1 amide bonds. The largest absolute Gasteiger partial charge is 0.459 e. The SMILES string of the molecule is [C-]#[N+]C[C@H]1CN(c2nc(O[C@@H](C)CN(C)CC3CCC3)nc3c2CCN(c2cccc4cccc(Cl)c24)C3)CCN1C(=O)C(=C)F. The van der Waals surface area contributed by atoms with E-state index in [1.807, 2.05) is 19.1 Å². The standard InChI is InChI=1S/C35H41ClFN7O2/c1-23(19-41(4)20-25-8-5-9-25)46-35-39-30-22-42(31-13-7-11-26-10-6-12-29(36)32(26)31)15-14-28(30)33(40-35)43-16-17-44(34(45)24(2)37)27(21-43)18-38-3/h6-7,10-13,23,25,27H,2,5,8-9,14-22H2,1,4H3/t23-,27-/m0/s1. The highest BCUT2D eigenvalue weighted by atomic mass is 35.5. The average molecular weight is 646 g/mol. The molecule has 2 atom stereocenters. The van der Waals surface area contributed by atoms with Crippen LogP contribution in [0.2, 0.25) is 5.02 Å². The lowest BCUT2D eigenvalue weighted by Gasteiger charge is -2.41. The summed E-state index contributed by atoms with van der Waals surface area (Å²) in [6.45, 7) is 17.0. The van der Waals surface area contributed by atoms with E-state index in [2.05, 4.69) is 57.4 Å². The molecule has 11 heteroatoms. The predicted octanol–water partition coefficient (Wildman–Crippen LogP) is 5.76. The van der Waals surface area contributed by atoms with Gasteiger partial charge in [0.2, 0.25) is 6.54 Å². The highest BCUT2D eigenvalue weighted by Gasteiger charge is 2.36. The first-order valence-corrected chi connectivity index (χ1v) is 16.5. The summed E-state index contributed by atoms with van der Waals surface area (Å²) in [5, 5.41) is 2.80. The zero-order valence-corrected chi connectivity index (χ0v) is 27.3. The number of likely N-dealkylation sites (N-methyl/N-ethyl adjacent to an activating group) is 1. The topological polar surface area (TPSA) is 69.4 Å². The van der Waals surface area contributed by atoms with E-state index >= 15 is 0 Å². The highest BCUT2D eigenvalue weighted by molar-refractivity contribution is 6.36. The van der Waals surface area contributed by atoms with Gasteiger partial charge in [-0.15, -0.1) is 0 Å². The first-order chi connectivity index (χ1) is 22.2. The second kappa shape index (κ2) is 13.8. The molecule has 0 unspecified atom stereocenters. The smallest absolute Gasteiger partial charge is 0.318 e. The Morgan fingerprint density at radius 3 is 2.70 bits per heavy atom. The molecule has 2 aliphatic heterocycles. The third-order valence-corrected chi connectivity index (χ3v) is 9.76. The fraction of sp³-hybridized carbons (Fsp3) is 0.486. The molecule has 6 rings (SSSR count). The fourth-order valence-corrected chi connectivity index (χ4v) is 7.31. The van der Waals surface area contributed by atoms with Crippen molar-refractivity contribution in [3.8, 4) is 6.01 Å². The number of fused-ring (bicyclic) bond motifs is 2. The zero-order chi connectivity index (χ0) is 32.4. The Hall–Kier alpha value is -3.94. The molecule has 0 radical (unpaired) electrons. The van der Waals surface area contributed by atoms with Gasteiger partial charge in [-0.3, -0.25) is 4.79 Å². The van der Waals surface area contributed by atoms with Crippen LogP contribution in [0, 0.1) is 12.5 Å². The first kappa shape index (κ1) is 32.0. The number of hydrogen-bond donors (Lipinski definition) is 0. The van der Waals surface area contributed by atoms with Gasteiger partial charge in [-0.1, -0.05) is 48.9 Å². The summed E-state index contributed by atoms with van der Waals surface area (Å²) in [7, 11) is 2.13. The van der Waals surface area contributed by atoms with Crippen molar-refractivity contribution in [1.29, 1.82) is 0 Å². The average Bonchev–Trinajstić information content (AvgIpc) is 3.01. The summed E-state index contributed by atoms with van der Waals surface area (Å²) in [6, 6.07) is 12.0. The molecule has 3 aliphatic rings. The number of ether oxygens (including phenoxy) is 1. The summed E-state index contributed by atoms with van der Waals surface area (Å²) >= 11 is 6.71. The molecule has 1 saturated carbocycles. The zero-order valence-electron chi connectivity index (χ0n) is 26.6. The lowest BCUT2D eigenvalue weighted by atomic mass is 9.85. The molecule has 2 fully saturated rings. The molecule has 242 valence electrons. The maximum atomic E-state index is 13.9. The number of benzene rings is 2. The molecule has 1 saturated heterocycles. The van der Waals surface area contributed by atoms with E-state index in [-0.39, 0.29) is 19.2 Å². The van der Waals surface area contributed by atoms with Gasteiger partial charge >= 0.3 is 6.01 Å². The minimum atomic E-state index is -1.01. The van der Waals surface area contributed by atoms with Crippen molar-refractivity contribution >= 4 is 39.8 Å². The summed E-state index contributed by atoms with van der Waals surface area (Å²) in [5.74, 6) is -0.248. The molecule has 1 aliphatic carbocycles. The Labute approximate surface area is 275 Å². The van der Waals surface area contributed by atoms with Gasteiger partial charge in [0.25, 0.3) is 5.91 Å². The Balaban J connectivity index is 1.31. The number of nitrogens with zero attached hydrogens (tertiary/aromatic N) is 7. The number of amides is 1. The molecule has 0 N–H and O–H groups in total. The van der Waals surface area contributed by atoms with Crippen molar-refractivity contribution in [2.45, 2.75) is 51.3 Å². The molecule has 9 nitrogen and oxygen atoms in total. The van der Waals surface area contributed by atoms with Crippen LogP contribution in [0.4, 0.5) is 15.9 Å². The number of piperazine rings is 1. The van der Waals surface area contributed by atoms with Crippen molar-refractivity contribution in [3.63, 3.8) is 0 Å². The number of rotatable bonds is 10. The van der Waals surface area contributed by atoms with Gasteiger partial charge in [0.1, 0.15) is 18.0 Å². The van der Waals surface area contributed by atoms with E-state index in [0.717, 1.165) is 59.1 Å². The van der Waals surface area contributed by atoms with Crippen LogP contribution in [0.25, 0.3) is 15.6 Å². The third-order valence-electron chi connectivity index (χ3n) is 9.44. The lowest BCUT2D eigenvalue weighted by Crippen LogP contribution is -2.57. The summed E-state index contributed by atoms with van der Waals surface area (Å²) < 4.78 is 20.3. The van der Waals surface area contributed by atoms with E-state index in [0.29, 0.717) is 37.1 Å². The van der Waals surface area contributed by atoms with Crippen molar-refractivity contribution in [1.82, 2.24) is 19.8 Å². The van der Waals surface area contributed by atoms with Gasteiger partial charge in [-0.25, -0.2) is 11.0 Å². The number of hydrogen-bond acceptors (Lipinski definition) is 7. The van der Waals surface area contributed by atoms with E-state index < -0.39 is 17.8 Å². The third kappa shape index (κ3) is 6.76. The van der Waals surface area contributed by atoms with Crippen molar-refractivity contribution < 1.29 is 13.9 Å². The number of anilines is 2. The maximum absolute atomic E-state index is 13.9. The minimum Gasteiger partial charge on any atom is -0.459 e. The van der Waals surface area contributed by atoms with Gasteiger partial charge in [0.05, 0.1) is 17.3 Å². The van der Waals surface area contributed by atoms with Crippen LogP contribution in [0.15, 0.2) is 48.8 Å². The molecule has 46 heavy (non-hydrogen) atoms. The molecular weight excluding hydrogens is 605 g/mol. The highest BCUT2D eigenvalue weighted by Crippen LogP contribution is 2.37. The fourth-order valence-electron chi connectivity index (χ4n) is 7.03. The van der Waals surface area contributed by atoms with Crippen LogP contribution < -0.4 is 14.5 Å². The second-order valence-electron chi connectivity index (χ2n) is 12.8. The molecule has 3 aromatic rings. The van der Waals surface area contributed by atoms with E-state index in [9.17, 15) is 9.18 Å². The quantitative estimate of drug-likeness (QED) is 0.205. The first-order valence-electron chi connectivity index (χ1n) is 16.1. The number of carbonyl (C=O) groups is 1. The van der Waals surface area contributed by atoms with Crippen LogP contribution >= 0.6 is 11.6 Å². The molecular formula is C35H41ClFN7O2. The maximum Gasteiger partial charge on any atom is 0.318 e. The van der Waals surface area contributed by atoms with Gasteiger partial charge in [-0.2, -0.15) is 9.97 Å². The number of aromatic nitrogens is 2. The normalized spacial score (nSPS) is 19.0. The van der Waals surface area contributed by atoms with Crippen LogP contribution in [0.1, 0.15) is 37.4 Å². The monoisotopic (exact) mass is 645 g/mol. The van der Waals surface area contributed by atoms with Gasteiger partial charge in [-0.05, 0) is 56.7 Å². The lowest BCUT2D eigenvalue weighted by molar-refractivity contribution is -0.131. The van der Waals surface area contributed by atoms with Crippen LogP contribution in [0.5, 0.6) is 6.01 Å². The number of carbonyl (C=O) groups excluding carboxylic acids is 1. The van der Waals surface area contributed by atoms with Crippen LogP contribution in [0.3, 0.4) is 0 Å². The van der Waals surface area contributed by atoms with Gasteiger partial charge in [0, 0.05) is 55.9 Å². The molecule has 0 bridgehead atoms. The van der Waals surface area contributed by atoms with Crippen molar-refractivity contribution in [2.75, 3.05) is 62.7 Å². The molecule has 1 aromatic heterocycles. The molecule has 2 aromatic carbocycles. The summed E-state index contributed by atoms with van der Waals surface area (Å²) in [4.78, 5) is 34.2. The molecule has 0 spiro atoms. The van der Waals surface area contributed by atoms with Crippen LogP contribution in [-0.4, -0.2) is 90.7 Å². The molecule has 3 heterocycles. The van der Waals surface area contributed by atoms with E-state index in [1.165, 1.54) is 24.2 Å². The minimum absolute atomic E-state index is 0.0616. The van der Waals surface area contributed by atoms with Gasteiger partial charge < -0.3 is 29.2 Å². The predicted molar refractivity (Wildman–Crippen MR) is 180 cm³/mol. The Morgan fingerprint density at radius 1 is 1.20 bits per heavy atom. The number of halogens is 2. The van der Waals surface area contributed by atoms with E-state index in [1.54, 1.807) is 0 Å². The van der Waals surface area contributed by atoms with Crippen LogP contribution in [-0.2, 0) is 17.8 Å². The van der Waals surface area contributed by atoms with Crippen molar-refractivity contribution in [3.05, 3.63) is 76.5 Å². The van der Waals surface area contributed by atoms with Crippen molar-refractivity contribution in [2.24, 2.45) is 5.92 Å². The van der Waals surface area contributed by atoms with Gasteiger partial charge in [0.15, 0.2) is 5.83 Å². The Bertz CT molecular complexity index is 1650. The summed E-state index contributed by atoms with van der Waals surface area (Å²) in [5.41, 5.74) is 2.96. The second-order valence-corrected chi connectivity index (χ2v) is 13.2.